The summed E-state index contributed by atoms with van der Waals surface area (Å²) in [5.41, 5.74) is 12.8. The molecule has 0 bridgehead atoms. The first-order valence-electron chi connectivity index (χ1n) is 17.7. The maximum absolute atomic E-state index is 5.38. The maximum Gasteiger partial charge on any atom is 0.138 e. The minimum Gasteiger partial charge on any atom is -0.309 e. The van der Waals surface area contributed by atoms with Crippen LogP contribution in [0.15, 0.2) is 170 Å². The predicted molar refractivity (Wildman–Crippen MR) is 216 cm³/mol. The lowest BCUT2D eigenvalue weighted by molar-refractivity contribution is 1.09. The predicted octanol–water partition coefficient (Wildman–Crippen LogP) is 12.3. The highest BCUT2D eigenvalue weighted by Crippen LogP contribution is 2.47. The third kappa shape index (κ3) is 3.70. The zero-order valence-corrected chi connectivity index (χ0v) is 28.0. The second kappa shape index (κ2) is 10.3. The molecule has 0 saturated carbocycles. The van der Waals surface area contributed by atoms with Crippen molar-refractivity contribution in [1.29, 1.82) is 0 Å². The van der Waals surface area contributed by atoms with Gasteiger partial charge >= 0.3 is 0 Å². The van der Waals surface area contributed by atoms with Crippen molar-refractivity contribution in [2.75, 3.05) is 0 Å². The molecule has 0 fully saturated rings. The minimum atomic E-state index is 0.922. The van der Waals surface area contributed by atoms with Crippen molar-refractivity contribution in [3.05, 3.63) is 170 Å². The van der Waals surface area contributed by atoms with Gasteiger partial charge in [-0.2, -0.15) is 0 Å². The molecule has 0 atom stereocenters. The Hall–Kier alpha value is -7.04. The number of nitrogens with zero attached hydrogens (tertiary/aromatic N) is 4. The van der Waals surface area contributed by atoms with Gasteiger partial charge in [0, 0.05) is 61.5 Å². The molecule has 0 amide bonds. The van der Waals surface area contributed by atoms with Crippen molar-refractivity contribution >= 4 is 65.2 Å². The summed E-state index contributed by atoms with van der Waals surface area (Å²) in [6.45, 7) is 0. The van der Waals surface area contributed by atoms with Crippen LogP contribution in [0.5, 0.6) is 0 Å². The van der Waals surface area contributed by atoms with E-state index in [1.807, 2.05) is 12.4 Å². The van der Waals surface area contributed by atoms with Gasteiger partial charge < -0.3 is 4.57 Å². The molecular weight excluding hydrogens is 633 g/mol. The summed E-state index contributed by atoms with van der Waals surface area (Å²) in [6, 6.07) is 57.4. The van der Waals surface area contributed by atoms with Crippen LogP contribution in [-0.2, 0) is 0 Å². The zero-order chi connectivity index (χ0) is 33.9. The molecule has 1 aliphatic rings. The SMILES string of the molecule is c1ccc(-n2c3ccc(-c4ccc5c(c4)c4ccccc4n5-c4cc5cccc6c5c(n4)-c4ccncc4-6)cc3c3ccc4ccccc4c32)cc1. The maximum atomic E-state index is 5.38. The van der Waals surface area contributed by atoms with Gasteiger partial charge in [0.1, 0.15) is 5.82 Å². The topological polar surface area (TPSA) is 35.6 Å². The fourth-order valence-electron chi connectivity index (χ4n) is 8.85. The smallest absolute Gasteiger partial charge is 0.138 e. The molecule has 1 aliphatic carbocycles. The largest absolute Gasteiger partial charge is 0.309 e. The first kappa shape index (κ1) is 27.7. The van der Waals surface area contributed by atoms with E-state index in [1.165, 1.54) is 70.8 Å². The monoisotopic (exact) mass is 660 g/mol. The van der Waals surface area contributed by atoms with Crippen LogP contribution < -0.4 is 0 Å². The Labute approximate surface area is 298 Å². The van der Waals surface area contributed by atoms with Crippen molar-refractivity contribution in [2.24, 2.45) is 0 Å². The average Bonchev–Trinajstić information content (AvgIpc) is 3.84. The van der Waals surface area contributed by atoms with E-state index < -0.39 is 0 Å². The van der Waals surface area contributed by atoms with E-state index in [0.29, 0.717) is 0 Å². The lowest BCUT2D eigenvalue weighted by atomic mass is 10.00. The van der Waals surface area contributed by atoms with Gasteiger partial charge in [0.15, 0.2) is 0 Å². The highest BCUT2D eigenvalue weighted by Gasteiger charge is 2.25. The fraction of sp³-hybridized carbons (Fsp3) is 0. The zero-order valence-electron chi connectivity index (χ0n) is 28.0. The molecule has 4 nitrogen and oxygen atoms in total. The Bertz CT molecular complexity index is 3290. The van der Waals surface area contributed by atoms with E-state index in [2.05, 4.69) is 172 Å². The Morgan fingerprint density at radius 3 is 2.00 bits per heavy atom. The lowest BCUT2D eigenvalue weighted by Gasteiger charge is -2.11. The molecular formula is C48H28N4. The molecule has 4 aromatic heterocycles. The van der Waals surface area contributed by atoms with Crippen LogP contribution in [0.1, 0.15) is 0 Å². The van der Waals surface area contributed by atoms with Gasteiger partial charge in [0.2, 0.25) is 0 Å². The number of para-hydroxylation sites is 2. The van der Waals surface area contributed by atoms with Crippen LogP contribution in [0, 0.1) is 0 Å². The first-order valence-corrected chi connectivity index (χ1v) is 17.7. The van der Waals surface area contributed by atoms with Gasteiger partial charge in [0.25, 0.3) is 0 Å². The Morgan fingerprint density at radius 2 is 1.13 bits per heavy atom. The van der Waals surface area contributed by atoms with Gasteiger partial charge in [-0.3, -0.25) is 9.55 Å². The number of hydrogen-bond donors (Lipinski definition) is 0. The molecule has 0 spiro atoms. The molecule has 7 aromatic carbocycles. The second-order valence-corrected chi connectivity index (χ2v) is 13.8. The summed E-state index contributed by atoms with van der Waals surface area (Å²) in [5.74, 6) is 0.922. The van der Waals surface area contributed by atoms with Crippen LogP contribution >= 0.6 is 0 Å². The van der Waals surface area contributed by atoms with Crippen LogP contribution in [0.25, 0.3) is 110 Å². The molecule has 0 unspecified atom stereocenters. The van der Waals surface area contributed by atoms with Gasteiger partial charge in [-0.15, -0.1) is 0 Å². The van der Waals surface area contributed by atoms with E-state index in [9.17, 15) is 0 Å². The quantitative estimate of drug-likeness (QED) is 0.189. The van der Waals surface area contributed by atoms with Crippen molar-refractivity contribution in [3.8, 4) is 45.0 Å². The van der Waals surface area contributed by atoms with Crippen LogP contribution in [0.3, 0.4) is 0 Å². The Kier molecular flexibility index (Phi) is 5.47. The summed E-state index contributed by atoms with van der Waals surface area (Å²) in [4.78, 5) is 9.82. The average molecular weight is 661 g/mol. The summed E-state index contributed by atoms with van der Waals surface area (Å²) in [5, 5.41) is 9.82. The normalized spacial score (nSPS) is 12.2. The lowest BCUT2D eigenvalue weighted by Crippen LogP contribution is -1.99. The van der Waals surface area contributed by atoms with Crippen molar-refractivity contribution in [3.63, 3.8) is 0 Å². The molecule has 0 radical (unpaired) electrons. The van der Waals surface area contributed by atoms with Gasteiger partial charge in [0.05, 0.1) is 27.8 Å². The molecule has 240 valence electrons. The fourth-order valence-corrected chi connectivity index (χ4v) is 8.85. The molecule has 0 saturated heterocycles. The standard InChI is InChI=1S/C48H28N4/c1-2-11-33(12-3-1)51-43-21-18-31(26-40(43)38-20-17-29-9-4-5-13-34(29)48(38)51)30-19-22-44-39(25-30)35-14-6-7-16-42(35)52(44)45-27-32-10-8-15-36-41-28-49-24-23-37(41)47(50-45)46(32)36/h1-28H. The van der Waals surface area contributed by atoms with Crippen molar-refractivity contribution < 1.29 is 0 Å². The second-order valence-electron chi connectivity index (χ2n) is 13.8. The summed E-state index contributed by atoms with van der Waals surface area (Å²) >= 11 is 0. The Balaban J connectivity index is 1.08. The van der Waals surface area contributed by atoms with Crippen LogP contribution in [-0.4, -0.2) is 19.1 Å². The van der Waals surface area contributed by atoms with Gasteiger partial charge in [-0.1, -0.05) is 103 Å². The van der Waals surface area contributed by atoms with E-state index in [-0.39, 0.29) is 0 Å². The highest BCUT2D eigenvalue weighted by atomic mass is 15.1. The molecule has 52 heavy (non-hydrogen) atoms. The Morgan fingerprint density at radius 1 is 0.423 bits per heavy atom. The van der Waals surface area contributed by atoms with E-state index >= 15 is 0 Å². The number of aromatic nitrogens is 4. The van der Waals surface area contributed by atoms with E-state index in [1.54, 1.807) is 0 Å². The number of fused-ring (bicyclic) bond motifs is 11. The third-order valence-corrected chi connectivity index (χ3v) is 11.1. The van der Waals surface area contributed by atoms with Crippen molar-refractivity contribution in [1.82, 2.24) is 19.1 Å². The van der Waals surface area contributed by atoms with Crippen LogP contribution in [0.2, 0.25) is 0 Å². The molecule has 0 aliphatic heterocycles. The van der Waals surface area contributed by atoms with Crippen molar-refractivity contribution in [2.45, 2.75) is 0 Å². The van der Waals surface area contributed by atoms with Crippen LogP contribution in [0.4, 0.5) is 0 Å². The highest BCUT2D eigenvalue weighted by molar-refractivity contribution is 6.20. The number of rotatable bonds is 3. The van der Waals surface area contributed by atoms with Gasteiger partial charge in [-0.05, 0) is 82.1 Å². The van der Waals surface area contributed by atoms with Gasteiger partial charge in [-0.25, -0.2) is 4.98 Å². The number of benzene rings is 7. The molecule has 12 rings (SSSR count). The first-order chi connectivity index (χ1) is 25.8. The molecule has 0 N–H and O–H groups in total. The number of pyridine rings is 2. The van der Waals surface area contributed by atoms with E-state index in [0.717, 1.165) is 39.4 Å². The summed E-state index contributed by atoms with van der Waals surface area (Å²) in [7, 11) is 0. The summed E-state index contributed by atoms with van der Waals surface area (Å²) < 4.78 is 4.76. The number of hydrogen-bond acceptors (Lipinski definition) is 2. The molecule has 4 heteroatoms. The minimum absolute atomic E-state index is 0.922. The molecule has 4 heterocycles. The molecule has 11 aromatic rings. The van der Waals surface area contributed by atoms with E-state index in [4.69, 9.17) is 4.98 Å². The third-order valence-electron chi connectivity index (χ3n) is 11.1. The summed E-state index contributed by atoms with van der Waals surface area (Å²) in [6.07, 6.45) is 3.83.